The fraction of sp³-hybridized carbons (Fsp3) is 0.375. The van der Waals surface area contributed by atoms with Crippen LogP contribution in [0.1, 0.15) is 6.42 Å². The van der Waals surface area contributed by atoms with Crippen molar-refractivity contribution in [2.24, 2.45) is 0 Å². The van der Waals surface area contributed by atoms with E-state index in [9.17, 15) is 14.4 Å². The summed E-state index contributed by atoms with van der Waals surface area (Å²) in [5, 5.41) is 6.25. The van der Waals surface area contributed by atoms with Gasteiger partial charge in [-0.2, -0.15) is 0 Å². The Balaban J connectivity index is 1.33. The second-order valence-electron chi connectivity index (χ2n) is 8.40. The molecule has 180 valence electrons. The lowest BCUT2D eigenvalue weighted by Crippen LogP contribution is -2.60. The molecule has 2 saturated heterocycles. The van der Waals surface area contributed by atoms with E-state index in [1.165, 1.54) is 10.6 Å². The van der Waals surface area contributed by atoms with Gasteiger partial charge in [0.15, 0.2) is 0 Å². The molecule has 0 unspecified atom stereocenters. The van der Waals surface area contributed by atoms with Gasteiger partial charge in [-0.05, 0) is 30.3 Å². The summed E-state index contributed by atoms with van der Waals surface area (Å²) >= 11 is 12.0. The third kappa shape index (κ3) is 6.20. The smallest absolute Gasteiger partial charge is 0.243 e. The Bertz CT molecular complexity index is 1020. The molecule has 0 spiro atoms. The summed E-state index contributed by atoms with van der Waals surface area (Å²) in [7, 11) is 0. The van der Waals surface area contributed by atoms with Crippen molar-refractivity contribution in [3.8, 4) is 0 Å². The molecule has 34 heavy (non-hydrogen) atoms. The number of hydrogen-bond donors (Lipinski definition) is 2. The predicted molar refractivity (Wildman–Crippen MR) is 133 cm³/mol. The van der Waals surface area contributed by atoms with Gasteiger partial charge in [0.25, 0.3) is 0 Å². The van der Waals surface area contributed by atoms with E-state index in [-0.39, 0.29) is 24.8 Å². The topological polar surface area (TPSA) is 85.0 Å². The molecule has 2 heterocycles. The number of hydrogen-bond acceptors (Lipinski definition) is 5. The molecule has 2 aromatic carbocycles. The number of amides is 3. The summed E-state index contributed by atoms with van der Waals surface area (Å²) in [6.45, 7) is 4.11. The van der Waals surface area contributed by atoms with Crippen LogP contribution in [-0.2, 0) is 14.4 Å². The van der Waals surface area contributed by atoms with Gasteiger partial charge in [0.2, 0.25) is 17.7 Å². The van der Waals surface area contributed by atoms with Crippen LogP contribution in [0, 0.1) is 0 Å². The van der Waals surface area contributed by atoms with Crippen molar-refractivity contribution in [2.45, 2.75) is 12.5 Å². The lowest BCUT2D eigenvalue weighted by molar-refractivity contribution is -0.145. The predicted octanol–water partition coefficient (Wildman–Crippen LogP) is 2.47. The van der Waals surface area contributed by atoms with Gasteiger partial charge >= 0.3 is 0 Å². The van der Waals surface area contributed by atoms with E-state index >= 15 is 0 Å². The Kier molecular flexibility index (Phi) is 7.92. The minimum absolute atomic E-state index is 0.147. The normalized spacial score (nSPS) is 19.0. The SMILES string of the molecule is O=C(C[C@@H]1C(=O)NCCN1C(=O)CN1CCN(c2ccccc2)CC1)Nc1cc(Cl)cc(Cl)c1. The van der Waals surface area contributed by atoms with Crippen molar-refractivity contribution in [3.63, 3.8) is 0 Å². The maximum atomic E-state index is 13.1. The number of rotatable bonds is 6. The van der Waals surface area contributed by atoms with E-state index in [1.807, 2.05) is 18.2 Å². The number of halogens is 2. The average Bonchev–Trinajstić information content (AvgIpc) is 2.80. The number of para-hydroxylation sites is 1. The van der Waals surface area contributed by atoms with E-state index in [0.29, 0.717) is 28.8 Å². The maximum Gasteiger partial charge on any atom is 0.243 e. The molecule has 3 amide bonds. The molecule has 2 aliphatic heterocycles. The van der Waals surface area contributed by atoms with Crippen molar-refractivity contribution in [2.75, 3.05) is 56.0 Å². The molecule has 8 nitrogen and oxygen atoms in total. The quantitative estimate of drug-likeness (QED) is 0.632. The number of carbonyl (C=O) groups excluding carboxylic acids is 3. The van der Waals surface area contributed by atoms with Crippen LogP contribution in [0.5, 0.6) is 0 Å². The standard InChI is InChI=1S/C24H27Cl2N5O3/c25-17-12-18(26)14-19(13-17)28-22(32)15-21-24(34)27-6-7-31(21)23(33)16-29-8-10-30(11-9-29)20-4-2-1-3-5-20/h1-5,12-14,21H,6-11,15-16H2,(H,27,34)(H,28,32)/t21-/m1/s1. The molecular weight excluding hydrogens is 477 g/mol. The summed E-state index contributed by atoms with van der Waals surface area (Å²) < 4.78 is 0. The van der Waals surface area contributed by atoms with Gasteiger partial charge in [0.05, 0.1) is 13.0 Å². The van der Waals surface area contributed by atoms with Gasteiger partial charge in [-0.25, -0.2) is 0 Å². The highest BCUT2D eigenvalue weighted by Crippen LogP contribution is 2.23. The van der Waals surface area contributed by atoms with Crippen molar-refractivity contribution in [1.82, 2.24) is 15.1 Å². The monoisotopic (exact) mass is 503 g/mol. The molecule has 2 aromatic rings. The zero-order valence-electron chi connectivity index (χ0n) is 18.7. The van der Waals surface area contributed by atoms with Crippen LogP contribution in [-0.4, -0.2) is 79.4 Å². The first-order chi connectivity index (χ1) is 16.4. The molecule has 2 N–H and O–H groups in total. The molecule has 4 rings (SSSR count). The van der Waals surface area contributed by atoms with Gasteiger partial charge in [-0.15, -0.1) is 0 Å². The average molecular weight is 504 g/mol. The van der Waals surface area contributed by atoms with Gasteiger partial charge in [-0.1, -0.05) is 41.4 Å². The molecule has 2 aliphatic rings. The minimum Gasteiger partial charge on any atom is -0.369 e. The first kappa shape index (κ1) is 24.3. The van der Waals surface area contributed by atoms with E-state index < -0.39 is 11.9 Å². The fourth-order valence-electron chi connectivity index (χ4n) is 4.31. The highest BCUT2D eigenvalue weighted by atomic mass is 35.5. The van der Waals surface area contributed by atoms with Gasteiger partial charge in [-0.3, -0.25) is 19.3 Å². The summed E-state index contributed by atoms with van der Waals surface area (Å²) in [5.74, 6) is -0.867. The van der Waals surface area contributed by atoms with Crippen LogP contribution < -0.4 is 15.5 Å². The summed E-state index contributed by atoms with van der Waals surface area (Å²) in [4.78, 5) is 44.2. The third-order valence-corrected chi connectivity index (χ3v) is 6.47. The molecule has 0 radical (unpaired) electrons. The van der Waals surface area contributed by atoms with E-state index in [4.69, 9.17) is 23.2 Å². The zero-order valence-corrected chi connectivity index (χ0v) is 20.2. The molecule has 0 aliphatic carbocycles. The zero-order chi connectivity index (χ0) is 24.1. The Morgan fingerprint density at radius 3 is 2.32 bits per heavy atom. The molecule has 2 fully saturated rings. The highest BCUT2D eigenvalue weighted by Gasteiger charge is 2.35. The first-order valence-corrected chi connectivity index (χ1v) is 12.0. The van der Waals surface area contributed by atoms with Gasteiger partial charge < -0.3 is 20.4 Å². The van der Waals surface area contributed by atoms with Crippen LogP contribution in [0.15, 0.2) is 48.5 Å². The largest absolute Gasteiger partial charge is 0.369 e. The fourth-order valence-corrected chi connectivity index (χ4v) is 4.84. The van der Waals surface area contributed by atoms with Crippen LogP contribution in [0.2, 0.25) is 10.0 Å². The van der Waals surface area contributed by atoms with E-state index in [0.717, 1.165) is 26.2 Å². The number of carbonyl (C=O) groups is 3. The Hall–Kier alpha value is -2.81. The highest BCUT2D eigenvalue weighted by molar-refractivity contribution is 6.35. The molecular formula is C24H27Cl2N5O3. The number of anilines is 2. The van der Waals surface area contributed by atoms with Gasteiger partial charge in [0, 0.05) is 60.7 Å². The van der Waals surface area contributed by atoms with Crippen molar-refractivity contribution >= 4 is 52.3 Å². The molecule has 0 bridgehead atoms. The number of benzene rings is 2. The minimum atomic E-state index is -0.860. The van der Waals surface area contributed by atoms with Crippen LogP contribution in [0.25, 0.3) is 0 Å². The first-order valence-electron chi connectivity index (χ1n) is 11.2. The number of piperazine rings is 2. The van der Waals surface area contributed by atoms with Crippen LogP contribution >= 0.6 is 23.2 Å². The van der Waals surface area contributed by atoms with E-state index in [1.54, 1.807) is 18.2 Å². The Labute approximate surface area is 208 Å². The second-order valence-corrected chi connectivity index (χ2v) is 9.28. The lowest BCUT2D eigenvalue weighted by Gasteiger charge is -2.39. The number of nitrogens with one attached hydrogen (secondary N) is 2. The lowest BCUT2D eigenvalue weighted by atomic mass is 10.1. The second kappa shape index (κ2) is 11.1. The molecule has 1 atom stereocenters. The van der Waals surface area contributed by atoms with Crippen molar-refractivity contribution in [3.05, 3.63) is 58.6 Å². The molecule has 0 aromatic heterocycles. The molecule has 10 heteroatoms. The third-order valence-electron chi connectivity index (χ3n) is 6.03. The Morgan fingerprint density at radius 1 is 0.971 bits per heavy atom. The van der Waals surface area contributed by atoms with Crippen LogP contribution in [0.3, 0.4) is 0 Å². The Morgan fingerprint density at radius 2 is 1.65 bits per heavy atom. The summed E-state index contributed by atoms with van der Waals surface area (Å²) in [6, 6.07) is 14.0. The number of nitrogens with zero attached hydrogens (tertiary/aromatic N) is 3. The summed E-state index contributed by atoms with van der Waals surface area (Å²) in [6.07, 6.45) is -0.149. The van der Waals surface area contributed by atoms with Crippen LogP contribution in [0.4, 0.5) is 11.4 Å². The van der Waals surface area contributed by atoms with Crippen molar-refractivity contribution in [1.29, 1.82) is 0 Å². The van der Waals surface area contributed by atoms with Crippen molar-refractivity contribution < 1.29 is 14.4 Å². The van der Waals surface area contributed by atoms with E-state index in [2.05, 4.69) is 32.6 Å². The molecule has 0 saturated carbocycles. The maximum absolute atomic E-state index is 13.1. The summed E-state index contributed by atoms with van der Waals surface area (Å²) in [5.41, 5.74) is 1.61. The van der Waals surface area contributed by atoms with Gasteiger partial charge in [0.1, 0.15) is 6.04 Å².